The predicted octanol–water partition coefficient (Wildman–Crippen LogP) is 14.9. The molecule has 5 atom stereocenters. The van der Waals surface area contributed by atoms with Crippen LogP contribution in [0.4, 0.5) is 0 Å². The average Bonchev–Trinajstić information content (AvgIpc) is 3.11. The standard InChI is InChI=1S/C46H74O3/c1-12-17-22-32(6)37-29-38(43(42(31-37)49-11)35(9)25-20-15-4)30-41(47)46(48)45-40(34(8)24-19-14-3)28-27-39(33(7)23-18-13-2)44(45)36(10)26-21-16-5/h27-36,47H,12-26H2,1-11H3. The maximum absolute atomic E-state index is 15.0. The smallest absolute Gasteiger partial charge is 0.227 e. The number of Topliss-reactive ketones (excluding diaryl/α,β-unsaturated/α-hetero) is 1. The number of methoxy groups -OCH3 is 1. The second-order valence-electron chi connectivity index (χ2n) is 15.3. The number of ketones is 1. The first-order chi connectivity index (χ1) is 23.5. The van der Waals surface area contributed by atoms with Gasteiger partial charge in [0.05, 0.1) is 7.11 Å². The zero-order valence-electron chi connectivity index (χ0n) is 33.6. The Morgan fingerprint density at radius 3 is 1.55 bits per heavy atom. The number of benzene rings is 2. The monoisotopic (exact) mass is 675 g/mol. The fourth-order valence-electron chi connectivity index (χ4n) is 7.71. The lowest BCUT2D eigenvalue weighted by molar-refractivity contribution is 0.0977. The molecule has 0 aromatic heterocycles. The minimum Gasteiger partial charge on any atom is -0.504 e. The van der Waals surface area contributed by atoms with Gasteiger partial charge < -0.3 is 9.84 Å². The number of aliphatic hydroxyl groups is 1. The molecule has 0 saturated carbocycles. The van der Waals surface area contributed by atoms with E-state index in [9.17, 15) is 9.90 Å². The van der Waals surface area contributed by atoms with E-state index in [4.69, 9.17) is 4.74 Å². The molecular formula is C46H74O3. The number of allylic oxidation sites excluding steroid dienone is 1. The van der Waals surface area contributed by atoms with E-state index >= 15 is 0 Å². The van der Waals surface area contributed by atoms with E-state index < -0.39 is 0 Å². The topological polar surface area (TPSA) is 46.5 Å². The fraction of sp³-hybridized carbons (Fsp3) is 0.674. The van der Waals surface area contributed by atoms with Crippen LogP contribution in [-0.4, -0.2) is 18.0 Å². The highest BCUT2D eigenvalue weighted by atomic mass is 16.5. The summed E-state index contributed by atoms with van der Waals surface area (Å²) < 4.78 is 6.06. The molecule has 0 fully saturated rings. The summed E-state index contributed by atoms with van der Waals surface area (Å²) in [6.45, 7) is 22.6. The Morgan fingerprint density at radius 1 is 0.633 bits per heavy atom. The van der Waals surface area contributed by atoms with Crippen LogP contribution in [0.3, 0.4) is 0 Å². The molecule has 0 aliphatic carbocycles. The van der Waals surface area contributed by atoms with Crippen LogP contribution in [0.15, 0.2) is 30.0 Å². The van der Waals surface area contributed by atoms with Gasteiger partial charge in [-0.05, 0) is 102 Å². The first kappa shape index (κ1) is 42.6. The molecule has 49 heavy (non-hydrogen) atoms. The summed E-state index contributed by atoms with van der Waals surface area (Å²) in [7, 11) is 1.75. The van der Waals surface area contributed by atoms with Crippen LogP contribution in [0, 0.1) is 0 Å². The first-order valence-corrected chi connectivity index (χ1v) is 20.3. The van der Waals surface area contributed by atoms with Crippen molar-refractivity contribution in [2.75, 3.05) is 7.11 Å². The van der Waals surface area contributed by atoms with Gasteiger partial charge in [-0.25, -0.2) is 0 Å². The van der Waals surface area contributed by atoms with Crippen molar-refractivity contribution in [3.63, 3.8) is 0 Å². The van der Waals surface area contributed by atoms with Gasteiger partial charge in [0.1, 0.15) is 5.75 Å². The van der Waals surface area contributed by atoms with E-state index in [1.165, 1.54) is 23.1 Å². The molecule has 3 nitrogen and oxygen atoms in total. The van der Waals surface area contributed by atoms with Crippen molar-refractivity contribution in [2.45, 2.75) is 195 Å². The molecule has 0 spiro atoms. The van der Waals surface area contributed by atoms with Gasteiger partial charge in [-0.1, -0.05) is 152 Å². The largest absolute Gasteiger partial charge is 0.504 e. The maximum atomic E-state index is 15.0. The molecule has 0 saturated heterocycles. The van der Waals surface area contributed by atoms with E-state index in [0.29, 0.717) is 11.8 Å². The first-order valence-electron chi connectivity index (χ1n) is 20.3. The van der Waals surface area contributed by atoms with Gasteiger partial charge in [0.15, 0.2) is 5.76 Å². The van der Waals surface area contributed by atoms with Crippen molar-refractivity contribution >= 4 is 11.9 Å². The summed E-state index contributed by atoms with van der Waals surface area (Å²) in [6.07, 6.45) is 18.5. The Hall–Kier alpha value is -2.55. The molecule has 0 aliphatic heterocycles. The van der Waals surface area contributed by atoms with Crippen LogP contribution in [0.5, 0.6) is 5.75 Å². The molecule has 1 N–H and O–H groups in total. The Bertz CT molecular complexity index is 1300. The van der Waals surface area contributed by atoms with Gasteiger partial charge in [-0.3, -0.25) is 4.79 Å². The van der Waals surface area contributed by atoms with Crippen LogP contribution < -0.4 is 4.74 Å². The van der Waals surface area contributed by atoms with Crippen molar-refractivity contribution in [3.8, 4) is 5.75 Å². The number of unbranched alkanes of at least 4 members (excludes halogenated alkanes) is 5. The zero-order chi connectivity index (χ0) is 36.5. The minimum absolute atomic E-state index is 0.157. The van der Waals surface area contributed by atoms with Gasteiger partial charge >= 0.3 is 0 Å². The molecule has 2 rings (SSSR count). The van der Waals surface area contributed by atoms with Gasteiger partial charge in [-0.2, -0.15) is 0 Å². The van der Waals surface area contributed by atoms with Crippen molar-refractivity contribution in [1.82, 2.24) is 0 Å². The van der Waals surface area contributed by atoms with Crippen LogP contribution in [0.1, 0.15) is 239 Å². The summed E-state index contributed by atoms with van der Waals surface area (Å²) in [6, 6.07) is 8.98. The highest BCUT2D eigenvalue weighted by molar-refractivity contribution is 6.12. The molecule has 0 amide bonds. The molecule has 5 unspecified atom stereocenters. The molecule has 0 radical (unpaired) electrons. The van der Waals surface area contributed by atoms with E-state index in [0.717, 1.165) is 118 Å². The Balaban J connectivity index is 2.92. The Kier molecular flexibility index (Phi) is 19.4. The maximum Gasteiger partial charge on any atom is 0.227 e. The lowest BCUT2D eigenvalue weighted by Gasteiger charge is -2.28. The van der Waals surface area contributed by atoms with Crippen LogP contribution in [0.2, 0.25) is 0 Å². The predicted molar refractivity (Wildman–Crippen MR) is 214 cm³/mol. The van der Waals surface area contributed by atoms with Crippen LogP contribution in [-0.2, 0) is 0 Å². The van der Waals surface area contributed by atoms with Crippen molar-refractivity contribution in [2.24, 2.45) is 0 Å². The molecule has 0 bridgehead atoms. The number of rotatable bonds is 24. The van der Waals surface area contributed by atoms with Crippen LogP contribution >= 0.6 is 0 Å². The van der Waals surface area contributed by atoms with E-state index in [2.05, 4.69) is 93.5 Å². The number of carbonyl (C=O) groups excluding carboxylic acids is 1. The lowest BCUT2D eigenvalue weighted by atomic mass is 9.76. The average molecular weight is 675 g/mol. The van der Waals surface area contributed by atoms with Crippen molar-refractivity contribution in [3.05, 3.63) is 69.0 Å². The molecule has 0 aliphatic rings. The normalized spacial score (nSPS) is 15.1. The van der Waals surface area contributed by atoms with Gasteiger partial charge in [-0.15, -0.1) is 0 Å². The quantitative estimate of drug-likeness (QED) is 0.0685. The second-order valence-corrected chi connectivity index (χ2v) is 15.3. The number of ether oxygens (including phenoxy) is 1. The number of hydrogen-bond acceptors (Lipinski definition) is 3. The third-order valence-electron chi connectivity index (χ3n) is 11.0. The third kappa shape index (κ3) is 12.0. The summed E-state index contributed by atoms with van der Waals surface area (Å²) in [5.74, 6) is 1.90. The minimum atomic E-state index is -0.225. The highest BCUT2D eigenvalue weighted by Gasteiger charge is 2.29. The SMILES string of the molecule is CCCCC(C)c1cc(C=C(O)C(=O)c2c(C(C)CCCC)ccc(C(C)CCCC)c2C(C)CCCC)c(C(C)CCCC)c(OC)c1. The van der Waals surface area contributed by atoms with E-state index in [1.54, 1.807) is 13.2 Å². The highest BCUT2D eigenvalue weighted by Crippen LogP contribution is 2.41. The zero-order valence-corrected chi connectivity index (χ0v) is 33.6. The van der Waals surface area contributed by atoms with Crippen LogP contribution in [0.25, 0.3) is 6.08 Å². The summed E-state index contributed by atoms with van der Waals surface area (Å²) in [5.41, 5.74) is 7.55. The molecular weight excluding hydrogens is 601 g/mol. The molecule has 276 valence electrons. The molecule has 2 aromatic rings. The third-order valence-corrected chi connectivity index (χ3v) is 11.0. The second kappa shape index (κ2) is 22.3. The number of hydrogen-bond donors (Lipinski definition) is 1. The fourth-order valence-corrected chi connectivity index (χ4v) is 7.71. The molecule has 2 aromatic carbocycles. The van der Waals surface area contributed by atoms with Crippen molar-refractivity contribution < 1.29 is 14.6 Å². The van der Waals surface area contributed by atoms with Gasteiger partial charge in [0.25, 0.3) is 0 Å². The molecule has 0 heterocycles. The van der Waals surface area contributed by atoms with Gasteiger partial charge in [0, 0.05) is 11.1 Å². The summed E-state index contributed by atoms with van der Waals surface area (Å²) in [4.78, 5) is 15.0. The lowest BCUT2D eigenvalue weighted by Crippen LogP contribution is -2.17. The Labute approximate surface area is 302 Å². The summed E-state index contributed by atoms with van der Waals surface area (Å²) >= 11 is 0. The molecule has 3 heteroatoms. The Morgan fingerprint density at radius 2 is 1.06 bits per heavy atom. The van der Waals surface area contributed by atoms with E-state index in [1.807, 2.05) is 0 Å². The van der Waals surface area contributed by atoms with Crippen molar-refractivity contribution in [1.29, 1.82) is 0 Å². The van der Waals surface area contributed by atoms with E-state index in [-0.39, 0.29) is 29.3 Å². The summed E-state index contributed by atoms with van der Waals surface area (Å²) in [5, 5.41) is 12.0. The number of carbonyl (C=O) groups is 1. The van der Waals surface area contributed by atoms with Gasteiger partial charge in [0.2, 0.25) is 5.78 Å². The number of aliphatic hydroxyl groups excluding tert-OH is 1.